The van der Waals surface area contributed by atoms with Crippen LogP contribution >= 0.6 is 0 Å². The first kappa shape index (κ1) is 22.6. The Balaban J connectivity index is 3.06. The monoisotopic (exact) mass is 391 g/mol. The number of rotatable bonds is 10. The number of carbonyl (C=O) groups excluding carboxylic acids is 1. The van der Waals surface area contributed by atoms with Gasteiger partial charge in [0, 0.05) is 18.2 Å². The molecule has 0 bridgehead atoms. The van der Waals surface area contributed by atoms with E-state index in [-0.39, 0.29) is 18.2 Å². The fourth-order valence-corrected chi connectivity index (χ4v) is 2.21. The number of amides is 1. The molecule has 10 nitrogen and oxygen atoms in total. The standard InChI is InChI=1S/C18H25N5O5/c1-12(20-25-4)16(22-26-5)13(2)21-28-11-14-9-7-8-10-15(14)17(23-27-6)18(24)19-3/h7-10H,11H2,1-6H3,(H,19,24)/b20-12+,21-13+,22-16+,23-17+. The molecule has 0 unspecified atom stereocenters. The molecule has 0 fully saturated rings. The van der Waals surface area contributed by atoms with Crippen molar-refractivity contribution in [3.63, 3.8) is 0 Å². The third-order valence-electron chi connectivity index (χ3n) is 3.41. The van der Waals surface area contributed by atoms with Crippen molar-refractivity contribution in [2.45, 2.75) is 20.5 Å². The Bertz CT molecular complexity index is 786. The zero-order valence-electron chi connectivity index (χ0n) is 16.8. The van der Waals surface area contributed by atoms with Crippen LogP contribution < -0.4 is 5.32 Å². The first-order chi connectivity index (χ1) is 13.5. The summed E-state index contributed by atoms with van der Waals surface area (Å²) in [4.78, 5) is 31.9. The van der Waals surface area contributed by atoms with Crippen molar-refractivity contribution < 1.29 is 24.1 Å². The van der Waals surface area contributed by atoms with Crippen LogP contribution in [-0.2, 0) is 30.8 Å². The average Bonchev–Trinajstić information content (AvgIpc) is 2.70. The van der Waals surface area contributed by atoms with Crippen LogP contribution in [0.1, 0.15) is 25.0 Å². The fourth-order valence-electron chi connectivity index (χ4n) is 2.21. The van der Waals surface area contributed by atoms with Crippen molar-refractivity contribution >= 4 is 28.8 Å². The minimum atomic E-state index is -0.380. The number of nitrogens with zero attached hydrogens (tertiary/aromatic N) is 4. The molecule has 0 radical (unpaired) electrons. The van der Waals surface area contributed by atoms with Crippen LogP contribution in [0.2, 0.25) is 0 Å². The summed E-state index contributed by atoms with van der Waals surface area (Å²) in [6, 6.07) is 7.15. The summed E-state index contributed by atoms with van der Waals surface area (Å²) in [6.07, 6.45) is 0. The van der Waals surface area contributed by atoms with Gasteiger partial charge in [-0.25, -0.2) is 0 Å². The lowest BCUT2D eigenvalue weighted by Crippen LogP contribution is -2.29. The maximum absolute atomic E-state index is 12.1. The minimum absolute atomic E-state index is 0.0912. The van der Waals surface area contributed by atoms with Gasteiger partial charge in [0.1, 0.15) is 39.4 Å². The van der Waals surface area contributed by atoms with Gasteiger partial charge in [-0.3, -0.25) is 4.79 Å². The van der Waals surface area contributed by atoms with Crippen LogP contribution in [0.5, 0.6) is 0 Å². The van der Waals surface area contributed by atoms with Gasteiger partial charge in [0.25, 0.3) is 5.91 Å². The first-order valence-electron chi connectivity index (χ1n) is 8.27. The second kappa shape index (κ2) is 12.0. The molecule has 0 saturated carbocycles. The molecule has 1 amide bonds. The lowest BCUT2D eigenvalue weighted by atomic mass is 10.0. The SMILES string of the molecule is CNC(=O)/C(=N/OC)c1ccccc1CO/N=C(C)/C(=N/OC)C(/C)=N/OC. The molecular weight excluding hydrogens is 366 g/mol. The Hall–Kier alpha value is -3.43. The number of carbonyl (C=O) groups is 1. The lowest BCUT2D eigenvalue weighted by molar-refractivity contribution is -0.114. The number of hydrogen-bond donors (Lipinski definition) is 1. The summed E-state index contributed by atoms with van der Waals surface area (Å²) in [5.41, 5.74) is 2.70. The zero-order valence-corrected chi connectivity index (χ0v) is 16.8. The summed E-state index contributed by atoms with van der Waals surface area (Å²) in [7, 11) is 5.73. The normalized spacial score (nSPS) is 13.1. The smallest absolute Gasteiger partial charge is 0.273 e. The number of likely N-dealkylation sites (N-methyl/N-ethyl adjacent to an activating group) is 1. The summed E-state index contributed by atoms with van der Waals surface area (Å²) in [5.74, 6) is -0.380. The second-order valence-corrected chi connectivity index (χ2v) is 5.29. The molecule has 0 saturated heterocycles. The van der Waals surface area contributed by atoms with E-state index in [1.165, 1.54) is 28.4 Å². The van der Waals surface area contributed by atoms with Crippen LogP contribution in [0.3, 0.4) is 0 Å². The molecule has 0 aromatic heterocycles. The van der Waals surface area contributed by atoms with Crippen LogP contribution in [-0.4, -0.2) is 57.1 Å². The van der Waals surface area contributed by atoms with Crippen LogP contribution in [0.25, 0.3) is 0 Å². The number of oxime groups is 4. The van der Waals surface area contributed by atoms with E-state index in [9.17, 15) is 4.79 Å². The molecule has 0 atom stereocenters. The molecular formula is C18H25N5O5. The summed E-state index contributed by atoms with van der Waals surface area (Å²) >= 11 is 0. The van der Waals surface area contributed by atoms with Gasteiger partial charge in [0.05, 0.1) is 0 Å². The molecule has 10 heteroatoms. The van der Waals surface area contributed by atoms with Gasteiger partial charge in [0.2, 0.25) is 0 Å². The van der Waals surface area contributed by atoms with E-state index in [1.807, 2.05) is 6.07 Å². The van der Waals surface area contributed by atoms with Gasteiger partial charge >= 0.3 is 0 Å². The first-order valence-corrected chi connectivity index (χ1v) is 8.27. The van der Waals surface area contributed by atoms with Crippen molar-refractivity contribution in [2.24, 2.45) is 20.6 Å². The van der Waals surface area contributed by atoms with Crippen molar-refractivity contribution in [1.82, 2.24) is 5.32 Å². The van der Waals surface area contributed by atoms with Gasteiger partial charge < -0.3 is 24.7 Å². The topological polar surface area (TPSA) is 115 Å². The molecule has 1 aromatic rings. The number of hydrogen-bond acceptors (Lipinski definition) is 9. The molecule has 0 aliphatic rings. The molecule has 0 aliphatic heterocycles. The number of nitrogens with one attached hydrogen (secondary N) is 1. The maximum Gasteiger partial charge on any atom is 0.273 e. The van der Waals surface area contributed by atoms with E-state index in [2.05, 4.69) is 25.9 Å². The van der Waals surface area contributed by atoms with E-state index >= 15 is 0 Å². The van der Waals surface area contributed by atoms with Crippen LogP contribution in [0, 0.1) is 0 Å². The zero-order chi connectivity index (χ0) is 20.9. The van der Waals surface area contributed by atoms with Crippen molar-refractivity contribution in [3.05, 3.63) is 35.4 Å². The molecule has 152 valence electrons. The molecule has 0 heterocycles. The predicted octanol–water partition coefficient (Wildman–Crippen LogP) is 1.70. The molecule has 1 rings (SSSR count). The van der Waals surface area contributed by atoms with Gasteiger partial charge in [-0.15, -0.1) is 0 Å². The largest absolute Gasteiger partial charge is 0.399 e. The third kappa shape index (κ3) is 6.38. The molecule has 28 heavy (non-hydrogen) atoms. The summed E-state index contributed by atoms with van der Waals surface area (Å²) < 4.78 is 0. The Morgan fingerprint density at radius 2 is 1.54 bits per heavy atom. The quantitative estimate of drug-likeness (QED) is 0.481. The van der Waals surface area contributed by atoms with Crippen molar-refractivity contribution in [1.29, 1.82) is 0 Å². The highest BCUT2D eigenvalue weighted by Gasteiger charge is 2.17. The fraction of sp³-hybridized carbons (Fsp3) is 0.389. The highest BCUT2D eigenvalue weighted by molar-refractivity contribution is 6.67. The van der Waals surface area contributed by atoms with Gasteiger partial charge in [-0.05, 0) is 13.8 Å². The van der Waals surface area contributed by atoms with E-state index in [0.29, 0.717) is 28.3 Å². The van der Waals surface area contributed by atoms with E-state index in [4.69, 9.17) is 19.4 Å². The Kier molecular flexibility index (Phi) is 9.73. The van der Waals surface area contributed by atoms with Crippen molar-refractivity contribution in [2.75, 3.05) is 28.4 Å². The highest BCUT2D eigenvalue weighted by atomic mass is 16.6. The Morgan fingerprint density at radius 1 is 0.929 bits per heavy atom. The highest BCUT2D eigenvalue weighted by Crippen LogP contribution is 2.13. The molecule has 0 spiro atoms. The van der Waals surface area contributed by atoms with Gasteiger partial charge in [0.15, 0.2) is 11.4 Å². The van der Waals surface area contributed by atoms with Gasteiger partial charge in [-0.2, -0.15) is 0 Å². The average molecular weight is 391 g/mol. The van der Waals surface area contributed by atoms with Gasteiger partial charge in [-0.1, -0.05) is 44.9 Å². The van der Waals surface area contributed by atoms with Crippen molar-refractivity contribution in [3.8, 4) is 0 Å². The minimum Gasteiger partial charge on any atom is -0.399 e. The predicted molar refractivity (Wildman–Crippen MR) is 107 cm³/mol. The lowest BCUT2D eigenvalue weighted by Gasteiger charge is -2.10. The molecule has 1 N–H and O–H groups in total. The maximum atomic E-state index is 12.1. The van der Waals surface area contributed by atoms with E-state index < -0.39 is 0 Å². The molecule has 1 aromatic carbocycles. The van der Waals surface area contributed by atoms with E-state index in [1.54, 1.807) is 32.0 Å². The Labute approximate surface area is 163 Å². The summed E-state index contributed by atoms with van der Waals surface area (Å²) in [6.45, 7) is 3.49. The molecule has 0 aliphatic carbocycles. The van der Waals surface area contributed by atoms with Crippen LogP contribution in [0.4, 0.5) is 0 Å². The Morgan fingerprint density at radius 3 is 2.14 bits per heavy atom. The van der Waals surface area contributed by atoms with E-state index in [0.717, 1.165) is 0 Å². The third-order valence-corrected chi connectivity index (χ3v) is 3.41. The second-order valence-electron chi connectivity index (χ2n) is 5.29. The summed E-state index contributed by atoms with van der Waals surface area (Å²) in [5, 5.41) is 18.1. The van der Waals surface area contributed by atoms with Crippen LogP contribution in [0.15, 0.2) is 44.9 Å². The number of benzene rings is 1.